The van der Waals surface area contributed by atoms with Gasteiger partial charge in [0.05, 0.1) is 17.9 Å². The monoisotopic (exact) mass is 280 g/mol. The minimum Gasteiger partial charge on any atom is -0.377 e. The Bertz CT molecular complexity index is 458. The molecule has 2 rings (SSSR count). The van der Waals surface area contributed by atoms with Gasteiger partial charge in [0.15, 0.2) is 0 Å². The van der Waals surface area contributed by atoms with Gasteiger partial charge in [-0.2, -0.15) is 5.10 Å². The van der Waals surface area contributed by atoms with Crippen molar-refractivity contribution in [3.05, 3.63) is 17.5 Å². The first-order chi connectivity index (χ1) is 9.63. The molecule has 1 amide bonds. The van der Waals surface area contributed by atoms with Gasteiger partial charge in [0.2, 0.25) is 0 Å². The van der Waals surface area contributed by atoms with Gasteiger partial charge in [-0.25, -0.2) is 0 Å². The third-order valence-electron chi connectivity index (χ3n) is 3.65. The van der Waals surface area contributed by atoms with Crippen molar-refractivity contribution < 1.29 is 9.53 Å². The third-order valence-corrected chi connectivity index (χ3v) is 3.65. The molecular formula is C14H24N4O2. The first-order valence-corrected chi connectivity index (χ1v) is 7.27. The largest absolute Gasteiger partial charge is 0.377 e. The van der Waals surface area contributed by atoms with Gasteiger partial charge in [-0.15, -0.1) is 0 Å². The minimum absolute atomic E-state index is 0.0545. The Labute approximate surface area is 119 Å². The van der Waals surface area contributed by atoms with E-state index in [0.717, 1.165) is 38.2 Å². The second-order valence-electron chi connectivity index (χ2n) is 5.30. The van der Waals surface area contributed by atoms with Crippen LogP contribution in [0.2, 0.25) is 0 Å². The summed E-state index contributed by atoms with van der Waals surface area (Å²) in [5.41, 5.74) is 7.12. The molecule has 2 heterocycles. The zero-order chi connectivity index (χ0) is 14.5. The molecule has 6 heteroatoms. The summed E-state index contributed by atoms with van der Waals surface area (Å²) in [5, 5.41) is 4.29. The van der Waals surface area contributed by atoms with Crippen molar-refractivity contribution in [1.29, 1.82) is 0 Å². The molecule has 1 atom stereocenters. The van der Waals surface area contributed by atoms with E-state index in [4.69, 9.17) is 10.5 Å². The lowest BCUT2D eigenvalue weighted by atomic mass is 10.2. The van der Waals surface area contributed by atoms with Crippen LogP contribution in [0.1, 0.15) is 35.8 Å². The maximum atomic E-state index is 12.6. The van der Waals surface area contributed by atoms with Gasteiger partial charge < -0.3 is 15.4 Å². The van der Waals surface area contributed by atoms with Gasteiger partial charge in [0, 0.05) is 31.9 Å². The van der Waals surface area contributed by atoms with Gasteiger partial charge in [-0.05, 0) is 33.2 Å². The Morgan fingerprint density at radius 3 is 3.15 bits per heavy atom. The van der Waals surface area contributed by atoms with Crippen LogP contribution in [0.25, 0.3) is 0 Å². The van der Waals surface area contributed by atoms with E-state index in [1.54, 1.807) is 6.20 Å². The predicted molar refractivity (Wildman–Crippen MR) is 76.6 cm³/mol. The quantitative estimate of drug-likeness (QED) is 0.885. The van der Waals surface area contributed by atoms with Crippen molar-refractivity contribution in [2.75, 3.05) is 26.2 Å². The number of hydrogen-bond donors (Lipinski definition) is 1. The molecule has 0 aromatic carbocycles. The summed E-state index contributed by atoms with van der Waals surface area (Å²) in [5.74, 6) is 0.0545. The van der Waals surface area contributed by atoms with Crippen molar-refractivity contribution in [1.82, 2.24) is 14.7 Å². The molecule has 0 saturated carbocycles. The molecule has 1 aliphatic heterocycles. The Morgan fingerprint density at radius 1 is 1.60 bits per heavy atom. The van der Waals surface area contributed by atoms with Gasteiger partial charge in [0.1, 0.15) is 0 Å². The maximum absolute atomic E-state index is 12.6. The Hall–Kier alpha value is -1.40. The highest BCUT2D eigenvalue weighted by atomic mass is 16.5. The standard InChI is InChI=1S/C14H24N4O2/c1-11-10-17(6-4-8-20-11)14(19)13-9-16-18(12(13)2)7-3-5-15/h9,11H,3-8,10,15H2,1-2H3. The van der Waals surface area contributed by atoms with Crippen LogP contribution in [0.3, 0.4) is 0 Å². The molecule has 112 valence electrons. The van der Waals surface area contributed by atoms with Crippen LogP contribution in [-0.4, -0.2) is 52.9 Å². The molecule has 1 aromatic rings. The first-order valence-electron chi connectivity index (χ1n) is 7.27. The highest BCUT2D eigenvalue weighted by molar-refractivity contribution is 5.95. The molecule has 1 unspecified atom stereocenters. The van der Waals surface area contributed by atoms with E-state index in [1.807, 2.05) is 23.4 Å². The Morgan fingerprint density at radius 2 is 2.40 bits per heavy atom. The second-order valence-corrected chi connectivity index (χ2v) is 5.30. The third kappa shape index (κ3) is 3.37. The van der Waals surface area contributed by atoms with Gasteiger partial charge in [-0.3, -0.25) is 9.48 Å². The van der Waals surface area contributed by atoms with E-state index in [-0.39, 0.29) is 12.0 Å². The summed E-state index contributed by atoms with van der Waals surface area (Å²) in [6.07, 6.45) is 3.51. The van der Waals surface area contributed by atoms with Crippen LogP contribution in [0.15, 0.2) is 6.20 Å². The number of rotatable bonds is 4. The number of amides is 1. The summed E-state index contributed by atoms with van der Waals surface area (Å²) in [7, 11) is 0. The number of aryl methyl sites for hydroxylation is 1. The molecular weight excluding hydrogens is 256 g/mol. The highest BCUT2D eigenvalue weighted by Gasteiger charge is 2.23. The summed E-state index contributed by atoms with van der Waals surface area (Å²) >= 11 is 0. The van der Waals surface area contributed by atoms with E-state index in [2.05, 4.69) is 5.10 Å². The number of carbonyl (C=O) groups is 1. The Balaban J connectivity index is 2.10. The van der Waals surface area contributed by atoms with Gasteiger partial charge in [0.25, 0.3) is 5.91 Å². The molecule has 1 aromatic heterocycles. The minimum atomic E-state index is 0.0545. The van der Waals surface area contributed by atoms with E-state index in [0.29, 0.717) is 18.7 Å². The molecule has 0 spiro atoms. The SMILES string of the molecule is Cc1c(C(=O)N2CCCOC(C)C2)cnn1CCCN. The lowest BCUT2D eigenvalue weighted by Crippen LogP contribution is -2.36. The molecule has 6 nitrogen and oxygen atoms in total. The first kappa shape index (κ1) is 15.0. The highest BCUT2D eigenvalue weighted by Crippen LogP contribution is 2.14. The lowest BCUT2D eigenvalue weighted by Gasteiger charge is -2.22. The Kier molecular flexibility index (Phi) is 5.14. The fourth-order valence-electron chi connectivity index (χ4n) is 2.47. The predicted octanol–water partition coefficient (Wildman–Crippen LogP) is 0.791. The van der Waals surface area contributed by atoms with Crippen LogP contribution in [0, 0.1) is 6.92 Å². The van der Waals surface area contributed by atoms with Crippen molar-refractivity contribution in [3.8, 4) is 0 Å². The molecule has 1 fully saturated rings. The molecule has 20 heavy (non-hydrogen) atoms. The molecule has 1 aliphatic rings. The average Bonchev–Trinajstić information content (AvgIpc) is 2.65. The number of aromatic nitrogens is 2. The normalized spacial score (nSPS) is 19.9. The van der Waals surface area contributed by atoms with Crippen LogP contribution in [-0.2, 0) is 11.3 Å². The van der Waals surface area contributed by atoms with E-state index >= 15 is 0 Å². The number of nitrogens with zero attached hydrogens (tertiary/aromatic N) is 3. The number of ether oxygens (including phenoxy) is 1. The van der Waals surface area contributed by atoms with Crippen LogP contribution in [0.4, 0.5) is 0 Å². The fraction of sp³-hybridized carbons (Fsp3) is 0.714. The maximum Gasteiger partial charge on any atom is 0.257 e. The summed E-state index contributed by atoms with van der Waals surface area (Å²) < 4.78 is 7.44. The van der Waals surface area contributed by atoms with Crippen LogP contribution < -0.4 is 5.73 Å². The summed E-state index contributed by atoms with van der Waals surface area (Å²) in [6.45, 7) is 7.44. The number of nitrogens with two attached hydrogens (primary N) is 1. The van der Waals surface area contributed by atoms with Crippen LogP contribution >= 0.6 is 0 Å². The van der Waals surface area contributed by atoms with Gasteiger partial charge >= 0.3 is 0 Å². The number of carbonyl (C=O) groups excluding carboxylic acids is 1. The van der Waals surface area contributed by atoms with Crippen molar-refractivity contribution in [2.45, 2.75) is 39.3 Å². The molecule has 0 radical (unpaired) electrons. The topological polar surface area (TPSA) is 73.4 Å². The smallest absolute Gasteiger partial charge is 0.257 e. The van der Waals surface area contributed by atoms with Crippen molar-refractivity contribution in [3.63, 3.8) is 0 Å². The molecule has 0 bridgehead atoms. The van der Waals surface area contributed by atoms with E-state index in [9.17, 15) is 4.79 Å². The zero-order valence-electron chi connectivity index (χ0n) is 12.3. The fourth-order valence-corrected chi connectivity index (χ4v) is 2.47. The zero-order valence-corrected chi connectivity index (χ0v) is 12.3. The van der Waals surface area contributed by atoms with Crippen molar-refractivity contribution in [2.24, 2.45) is 5.73 Å². The van der Waals surface area contributed by atoms with Crippen molar-refractivity contribution >= 4 is 5.91 Å². The summed E-state index contributed by atoms with van der Waals surface area (Å²) in [4.78, 5) is 14.5. The molecule has 2 N–H and O–H groups in total. The van der Waals surface area contributed by atoms with Gasteiger partial charge in [-0.1, -0.05) is 0 Å². The van der Waals surface area contributed by atoms with E-state index in [1.165, 1.54) is 0 Å². The van der Waals surface area contributed by atoms with Crippen LogP contribution in [0.5, 0.6) is 0 Å². The summed E-state index contributed by atoms with van der Waals surface area (Å²) in [6, 6.07) is 0. The second kappa shape index (κ2) is 6.85. The lowest BCUT2D eigenvalue weighted by molar-refractivity contribution is 0.0562. The molecule has 0 aliphatic carbocycles. The molecule has 1 saturated heterocycles. The number of hydrogen-bond acceptors (Lipinski definition) is 4. The average molecular weight is 280 g/mol. The van der Waals surface area contributed by atoms with E-state index < -0.39 is 0 Å².